The van der Waals surface area contributed by atoms with Crippen LogP contribution in [0.3, 0.4) is 0 Å². The van der Waals surface area contributed by atoms with Gasteiger partial charge in [-0.1, -0.05) is 48.8 Å². The van der Waals surface area contributed by atoms with Gasteiger partial charge in [-0.2, -0.15) is 0 Å². The van der Waals surface area contributed by atoms with Crippen molar-refractivity contribution in [1.82, 2.24) is 5.32 Å². The van der Waals surface area contributed by atoms with E-state index in [1.165, 1.54) is 0 Å². The highest BCUT2D eigenvalue weighted by Crippen LogP contribution is 2.40. The molecule has 1 rings (SSSR count). The first-order valence-electron chi connectivity index (χ1n) is 9.05. The van der Waals surface area contributed by atoms with Crippen molar-refractivity contribution in [1.29, 1.82) is 0 Å². The van der Waals surface area contributed by atoms with Gasteiger partial charge in [-0.05, 0) is 63.5 Å². The van der Waals surface area contributed by atoms with Crippen molar-refractivity contribution >= 4 is 30.3 Å². The molecule has 6 heteroatoms. The second-order valence-corrected chi connectivity index (χ2v) is 15.0. The third-order valence-electron chi connectivity index (χ3n) is 4.60. The van der Waals surface area contributed by atoms with Crippen LogP contribution in [0, 0.1) is 0 Å². The van der Waals surface area contributed by atoms with E-state index in [0.29, 0.717) is 0 Å². The van der Waals surface area contributed by atoms with Crippen LogP contribution in [-0.2, 0) is 9.16 Å². The number of halogens is 1. The molecule has 0 aromatic heterocycles. The summed E-state index contributed by atoms with van der Waals surface area (Å²) in [5.74, 6) is 0. The van der Waals surface area contributed by atoms with E-state index >= 15 is 0 Å². The molecular weight excluding hydrogens is 410 g/mol. The topological polar surface area (TPSA) is 47.6 Å². The Bertz CT molecular complexity index is 620. The maximum atomic E-state index is 12.2. The molecule has 0 saturated heterocycles. The van der Waals surface area contributed by atoms with Crippen molar-refractivity contribution in [3.05, 3.63) is 34.3 Å². The van der Waals surface area contributed by atoms with Gasteiger partial charge in [-0.15, -0.1) is 0 Å². The lowest BCUT2D eigenvalue weighted by Gasteiger charge is -2.41. The number of alkyl carbamates (subject to hydrolysis) is 1. The van der Waals surface area contributed by atoms with Crippen molar-refractivity contribution < 1.29 is 14.0 Å². The van der Waals surface area contributed by atoms with Gasteiger partial charge >= 0.3 is 6.09 Å². The largest absolute Gasteiger partial charge is 0.444 e. The summed E-state index contributed by atoms with van der Waals surface area (Å²) in [6, 6.07) is 7.83. The van der Waals surface area contributed by atoms with E-state index in [0.717, 1.165) is 10.0 Å². The van der Waals surface area contributed by atoms with Crippen LogP contribution in [-0.4, -0.2) is 26.1 Å². The Morgan fingerprint density at radius 3 is 2.19 bits per heavy atom. The first-order valence-corrected chi connectivity index (χ1v) is 12.8. The molecule has 1 amide bonds. The molecule has 1 aromatic rings. The highest BCUT2D eigenvalue weighted by atomic mass is 79.9. The Labute approximate surface area is 168 Å². The molecule has 2 unspecified atom stereocenters. The second kappa shape index (κ2) is 8.44. The molecule has 0 heterocycles. The molecule has 1 N–H and O–H groups in total. The van der Waals surface area contributed by atoms with Gasteiger partial charge in [-0.25, -0.2) is 4.79 Å². The quantitative estimate of drug-likeness (QED) is 0.533. The van der Waals surface area contributed by atoms with Crippen LogP contribution >= 0.6 is 15.9 Å². The number of hydrogen-bond acceptors (Lipinski definition) is 3. The summed E-state index contributed by atoms with van der Waals surface area (Å²) in [5.41, 5.74) is 0.503. The van der Waals surface area contributed by atoms with E-state index < -0.39 is 20.0 Å². The predicted molar refractivity (Wildman–Crippen MR) is 114 cm³/mol. The standard InChI is InChI=1S/C20H34BrNO3Si/c1-14(22-18(23)24-19(2,3)4)17(15-11-10-12-16(21)13-15)25-26(8,9)20(5,6)7/h10-14,17H,1-9H3,(H,22,23). The van der Waals surface area contributed by atoms with Crippen LogP contribution in [0.4, 0.5) is 4.79 Å². The zero-order valence-electron chi connectivity index (χ0n) is 17.6. The lowest BCUT2D eigenvalue weighted by atomic mass is 10.0. The maximum Gasteiger partial charge on any atom is 0.407 e. The van der Waals surface area contributed by atoms with Gasteiger partial charge < -0.3 is 14.5 Å². The van der Waals surface area contributed by atoms with Crippen molar-refractivity contribution in [2.75, 3.05) is 0 Å². The minimum absolute atomic E-state index is 0.0723. The van der Waals surface area contributed by atoms with Gasteiger partial charge in [0.1, 0.15) is 5.60 Å². The molecule has 0 aliphatic carbocycles. The monoisotopic (exact) mass is 443 g/mol. The zero-order valence-corrected chi connectivity index (χ0v) is 20.2. The van der Waals surface area contributed by atoms with Crippen molar-refractivity contribution in [3.63, 3.8) is 0 Å². The molecular formula is C20H34BrNO3Si. The van der Waals surface area contributed by atoms with Crippen LogP contribution in [0.25, 0.3) is 0 Å². The molecule has 0 saturated carbocycles. The number of benzene rings is 1. The first kappa shape index (κ1) is 23.2. The number of nitrogens with one attached hydrogen (secondary N) is 1. The normalized spacial score (nSPS) is 15.3. The summed E-state index contributed by atoms with van der Waals surface area (Å²) in [4.78, 5) is 12.2. The summed E-state index contributed by atoms with van der Waals surface area (Å²) in [5, 5.41) is 3.02. The SMILES string of the molecule is CC(NC(=O)OC(C)(C)C)C(O[Si](C)(C)C(C)(C)C)c1cccc(Br)c1. The van der Waals surface area contributed by atoms with Crippen LogP contribution in [0.15, 0.2) is 28.7 Å². The molecule has 4 nitrogen and oxygen atoms in total. The number of ether oxygens (including phenoxy) is 1. The van der Waals surface area contributed by atoms with E-state index in [4.69, 9.17) is 9.16 Å². The summed E-state index contributed by atoms with van der Waals surface area (Å²) in [6.45, 7) is 18.6. The summed E-state index contributed by atoms with van der Waals surface area (Å²) in [7, 11) is -2.04. The Balaban J connectivity index is 3.10. The highest BCUT2D eigenvalue weighted by Gasteiger charge is 2.41. The van der Waals surface area contributed by atoms with E-state index in [2.05, 4.69) is 55.1 Å². The Morgan fingerprint density at radius 1 is 1.15 bits per heavy atom. The summed E-state index contributed by atoms with van der Waals surface area (Å²) >= 11 is 3.53. The van der Waals surface area contributed by atoms with Gasteiger partial charge in [0.2, 0.25) is 0 Å². The minimum atomic E-state index is -2.04. The van der Waals surface area contributed by atoms with Crippen molar-refractivity contribution in [2.24, 2.45) is 0 Å². The molecule has 0 fully saturated rings. The Hall–Kier alpha value is -0.853. The fourth-order valence-electron chi connectivity index (χ4n) is 2.21. The van der Waals surface area contributed by atoms with Crippen LogP contribution in [0.2, 0.25) is 18.1 Å². The smallest absolute Gasteiger partial charge is 0.407 e. The number of rotatable bonds is 5. The third-order valence-corrected chi connectivity index (χ3v) is 9.55. The Kier molecular flexibility index (Phi) is 7.53. The summed E-state index contributed by atoms with van der Waals surface area (Å²) in [6.07, 6.45) is -0.676. The molecule has 0 radical (unpaired) electrons. The molecule has 0 bridgehead atoms. The molecule has 0 spiro atoms. The van der Waals surface area contributed by atoms with Crippen LogP contribution in [0.1, 0.15) is 60.1 Å². The molecule has 1 aromatic carbocycles. The van der Waals surface area contributed by atoms with E-state index in [1.54, 1.807) is 0 Å². The van der Waals surface area contributed by atoms with E-state index in [9.17, 15) is 4.79 Å². The van der Waals surface area contributed by atoms with Gasteiger partial charge in [0.05, 0.1) is 12.1 Å². The molecule has 2 atom stereocenters. The average Bonchev–Trinajstić information content (AvgIpc) is 2.41. The van der Waals surface area contributed by atoms with Gasteiger partial charge in [0.15, 0.2) is 8.32 Å². The fourth-order valence-corrected chi connectivity index (χ4v) is 3.95. The van der Waals surface area contributed by atoms with Gasteiger partial charge in [0, 0.05) is 4.47 Å². The van der Waals surface area contributed by atoms with Crippen molar-refractivity contribution in [2.45, 2.75) is 84.3 Å². The molecule has 0 aliphatic heterocycles. The number of amides is 1. The van der Waals surface area contributed by atoms with E-state index in [-0.39, 0.29) is 17.2 Å². The fraction of sp³-hybridized carbons (Fsp3) is 0.650. The first-order chi connectivity index (χ1) is 11.6. The molecule has 26 heavy (non-hydrogen) atoms. The van der Waals surface area contributed by atoms with E-state index in [1.807, 2.05) is 52.0 Å². The van der Waals surface area contributed by atoms with Crippen LogP contribution in [0.5, 0.6) is 0 Å². The zero-order chi connectivity index (χ0) is 20.3. The van der Waals surface area contributed by atoms with Crippen LogP contribution < -0.4 is 5.32 Å². The third kappa shape index (κ3) is 7.04. The lowest BCUT2D eigenvalue weighted by molar-refractivity contribution is 0.0445. The lowest BCUT2D eigenvalue weighted by Crippen LogP contribution is -2.47. The van der Waals surface area contributed by atoms with Crippen molar-refractivity contribution in [3.8, 4) is 0 Å². The highest BCUT2D eigenvalue weighted by molar-refractivity contribution is 9.10. The number of carbonyl (C=O) groups excluding carboxylic acids is 1. The predicted octanol–water partition coefficient (Wildman–Crippen LogP) is 6.43. The van der Waals surface area contributed by atoms with Gasteiger partial charge in [0.25, 0.3) is 0 Å². The average molecular weight is 444 g/mol. The number of hydrogen-bond donors (Lipinski definition) is 1. The Morgan fingerprint density at radius 2 is 1.73 bits per heavy atom. The second-order valence-electron chi connectivity index (χ2n) is 9.29. The summed E-state index contributed by atoms with van der Waals surface area (Å²) < 4.78 is 13.1. The minimum Gasteiger partial charge on any atom is -0.444 e. The maximum absolute atomic E-state index is 12.2. The molecule has 0 aliphatic rings. The number of carbonyl (C=O) groups is 1. The van der Waals surface area contributed by atoms with Gasteiger partial charge in [-0.3, -0.25) is 0 Å². The molecule has 148 valence electrons.